The van der Waals surface area contributed by atoms with Crippen LogP contribution in [-0.4, -0.2) is 17.8 Å². The van der Waals surface area contributed by atoms with Crippen LogP contribution in [0.15, 0.2) is 18.2 Å². The van der Waals surface area contributed by atoms with Gasteiger partial charge in [-0.1, -0.05) is 24.3 Å². The number of aliphatic hydroxyl groups excluding tert-OH is 1. The smallest absolute Gasteiger partial charge is 0.135 e. The SMILES string of the molecule is Cc1ccc(OC2CCCCC2)c(C#CCO)c1. The molecule has 2 heteroatoms. The molecule has 1 aromatic rings. The van der Waals surface area contributed by atoms with Crippen molar-refractivity contribution in [3.8, 4) is 17.6 Å². The molecule has 1 saturated carbocycles. The third-order valence-electron chi connectivity index (χ3n) is 3.28. The highest BCUT2D eigenvalue weighted by Gasteiger charge is 2.16. The quantitative estimate of drug-likeness (QED) is 0.810. The molecule has 1 aliphatic carbocycles. The number of hydrogen-bond acceptors (Lipinski definition) is 2. The first-order chi connectivity index (χ1) is 8.79. The molecule has 0 spiro atoms. The molecule has 0 radical (unpaired) electrons. The van der Waals surface area contributed by atoms with Crippen molar-refractivity contribution >= 4 is 0 Å². The van der Waals surface area contributed by atoms with Crippen LogP contribution in [0.5, 0.6) is 5.75 Å². The molecule has 1 fully saturated rings. The molecule has 0 saturated heterocycles. The Morgan fingerprint density at radius 2 is 2.06 bits per heavy atom. The van der Waals surface area contributed by atoms with Gasteiger partial charge in [0, 0.05) is 0 Å². The molecule has 0 bridgehead atoms. The number of rotatable bonds is 2. The van der Waals surface area contributed by atoms with Gasteiger partial charge in [0.25, 0.3) is 0 Å². The van der Waals surface area contributed by atoms with Gasteiger partial charge >= 0.3 is 0 Å². The van der Waals surface area contributed by atoms with Crippen molar-refractivity contribution in [3.63, 3.8) is 0 Å². The second kappa shape index (κ2) is 6.47. The Morgan fingerprint density at radius 3 is 2.78 bits per heavy atom. The minimum Gasteiger partial charge on any atom is -0.489 e. The highest BCUT2D eigenvalue weighted by Crippen LogP contribution is 2.26. The van der Waals surface area contributed by atoms with Gasteiger partial charge in [-0.25, -0.2) is 0 Å². The number of hydrogen-bond donors (Lipinski definition) is 1. The minimum atomic E-state index is -0.114. The fraction of sp³-hybridized carbons (Fsp3) is 0.500. The maximum absolute atomic E-state index is 8.79. The molecular formula is C16H20O2. The Kier molecular flexibility index (Phi) is 4.66. The summed E-state index contributed by atoms with van der Waals surface area (Å²) in [6.07, 6.45) is 6.45. The van der Waals surface area contributed by atoms with Crippen LogP contribution < -0.4 is 4.74 Å². The van der Waals surface area contributed by atoms with Gasteiger partial charge in [-0.3, -0.25) is 0 Å². The first-order valence-corrected chi connectivity index (χ1v) is 6.66. The van der Waals surface area contributed by atoms with Crippen LogP contribution in [0, 0.1) is 18.8 Å². The summed E-state index contributed by atoms with van der Waals surface area (Å²) in [5, 5.41) is 8.79. The lowest BCUT2D eigenvalue weighted by molar-refractivity contribution is 0.154. The third kappa shape index (κ3) is 3.51. The number of aryl methyl sites for hydroxylation is 1. The highest BCUT2D eigenvalue weighted by molar-refractivity contribution is 5.48. The second-order valence-corrected chi connectivity index (χ2v) is 4.84. The number of benzene rings is 1. The Balaban J connectivity index is 2.15. The molecule has 18 heavy (non-hydrogen) atoms. The zero-order valence-electron chi connectivity index (χ0n) is 10.9. The molecule has 2 rings (SSSR count). The highest BCUT2D eigenvalue weighted by atomic mass is 16.5. The van der Waals surface area contributed by atoms with Crippen molar-refractivity contribution < 1.29 is 9.84 Å². The summed E-state index contributed by atoms with van der Waals surface area (Å²) in [6.45, 7) is 1.92. The predicted octanol–water partition coefficient (Wildman–Crippen LogP) is 3.05. The van der Waals surface area contributed by atoms with E-state index in [1.165, 1.54) is 19.3 Å². The normalized spacial score (nSPS) is 15.9. The molecule has 0 amide bonds. The van der Waals surface area contributed by atoms with Crippen LogP contribution in [0.2, 0.25) is 0 Å². The van der Waals surface area contributed by atoms with Crippen LogP contribution in [0.25, 0.3) is 0 Å². The molecule has 0 unspecified atom stereocenters. The van der Waals surface area contributed by atoms with E-state index in [9.17, 15) is 0 Å². The Hall–Kier alpha value is -1.46. The predicted molar refractivity (Wildman–Crippen MR) is 72.6 cm³/mol. The van der Waals surface area contributed by atoms with E-state index in [4.69, 9.17) is 9.84 Å². The summed E-state index contributed by atoms with van der Waals surface area (Å²) in [4.78, 5) is 0. The summed E-state index contributed by atoms with van der Waals surface area (Å²) in [6, 6.07) is 6.05. The van der Waals surface area contributed by atoms with Crippen LogP contribution in [0.4, 0.5) is 0 Å². The van der Waals surface area contributed by atoms with Crippen molar-refractivity contribution in [2.75, 3.05) is 6.61 Å². The van der Waals surface area contributed by atoms with Crippen LogP contribution in [-0.2, 0) is 0 Å². The Labute approximate surface area is 109 Å². The van der Waals surface area contributed by atoms with E-state index in [0.717, 1.165) is 29.7 Å². The van der Waals surface area contributed by atoms with Crippen LogP contribution in [0.1, 0.15) is 43.2 Å². The van der Waals surface area contributed by atoms with E-state index < -0.39 is 0 Å². The fourth-order valence-electron chi connectivity index (χ4n) is 2.34. The molecule has 1 aromatic carbocycles. The molecule has 0 heterocycles. The average Bonchev–Trinajstić information content (AvgIpc) is 2.40. The number of aliphatic hydroxyl groups is 1. The van der Waals surface area contributed by atoms with Crippen molar-refractivity contribution in [1.29, 1.82) is 0 Å². The zero-order chi connectivity index (χ0) is 12.8. The molecule has 2 nitrogen and oxygen atoms in total. The lowest BCUT2D eigenvalue weighted by Crippen LogP contribution is -2.20. The van der Waals surface area contributed by atoms with Gasteiger partial charge in [0.1, 0.15) is 12.4 Å². The minimum absolute atomic E-state index is 0.114. The molecule has 0 aromatic heterocycles. The van der Waals surface area contributed by atoms with Crippen molar-refractivity contribution in [3.05, 3.63) is 29.3 Å². The maximum atomic E-state index is 8.79. The first kappa shape index (κ1) is 13.0. The van der Waals surface area contributed by atoms with Gasteiger partial charge in [-0.15, -0.1) is 0 Å². The fourth-order valence-corrected chi connectivity index (χ4v) is 2.34. The van der Waals surface area contributed by atoms with Crippen molar-refractivity contribution in [2.45, 2.75) is 45.1 Å². The second-order valence-electron chi connectivity index (χ2n) is 4.84. The van der Waals surface area contributed by atoms with Gasteiger partial charge < -0.3 is 9.84 Å². The van der Waals surface area contributed by atoms with Crippen LogP contribution >= 0.6 is 0 Å². The first-order valence-electron chi connectivity index (χ1n) is 6.66. The summed E-state index contributed by atoms with van der Waals surface area (Å²) < 4.78 is 6.05. The lowest BCUT2D eigenvalue weighted by Gasteiger charge is -2.23. The van der Waals surface area contributed by atoms with Gasteiger partial charge in [-0.05, 0) is 50.3 Å². The molecule has 0 atom stereocenters. The molecule has 0 aliphatic heterocycles. The standard InChI is InChI=1S/C16H20O2/c1-13-9-10-16(14(12-13)6-5-11-17)18-15-7-3-2-4-8-15/h9-10,12,15,17H,2-4,7-8,11H2,1H3. The maximum Gasteiger partial charge on any atom is 0.135 e. The van der Waals surface area contributed by atoms with E-state index in [1.54, 1.807) is 0 Å². The number of ether oxygens (including phenoxy) is 1. The Bertz CT molecular complexity index is 448. The van der Waals surface area contributed by atoms with Gasteiger partial charge in [0.05, 0.1) is 11.7 Å². The van der Waals surface area contributed by atoms with E-state index in [1.807, 2.05) is 25.1 Å². The molecule has 1 aliphatic rings. The summed E-state index contributed by atoms with van der Waals surface area (Å²) in [5.41, 5.74) is 2.04. The molecule has 1 N–H and O–H groups in total. The summed E-state index contributed by atoms with van der Waals surface area (Å²) in [7, 11) is 0. The summed E-state index contributed by atoms with van der Waals surface area (Å²) >= 11 is 0. The lowest BCUT2D eigenvalue weighted by atomic mass is 9.97. The van der Waals surface area contributed by atoms with Gasteiger partial charge in [0.2, 0.25) is 0 Å². The van der Waals surface area contributed by atoms with E-state index in [2.05, 4.69) is 11.8 Å². The summed E-state index contributed by atoms with van der Waals surface area (Å²) in [5.74, 6) is 6.52. The van der Waals surface area contributed by atoms with Crippen molar-refractivity contribution in [2.24, 2.45) is 0 Å². The van der Waals surface area contributed by atoms with Crippen LogP contribution in [0.3, 0.4) is 0 Å². The van der Waals surface area contributed by atoms with E-state index in [0.29, 0.717) is 6.10 Å². The molecular weight excluding hydrogens is 224 g/mol. The van der Waals surface area contributed by atoms with Crippen molar-refractivity contribution in [1.82, 2.24) is 0 Å². The van der Waals surface area contributed by atoms with E-state index >= 15 is 0 Å². The molecule has 96 valence electrons. The average molecular weight is 244 g/mol. The van der Waals surface area contributed by atoms with E-state index in [-0.39, 0.29) is 6.61 Å². The third-order valence-corrected chi connectivity index (χ3v) is 3.28. The zero-order valence-corrected chi connectivity index (χ0v) is 10.9. The van der Waals surface area contributed by atoms with Gasteiger partial charge in [0.15, 0.2) is 0 Å². The largest absolute Gasteiger partial charge is 0.489 e. The monoisotopic (exact) mass is 244 g/mol. The van der Waals surface area contributed by atoms with Gasteiger partial charge in [-0.2, -0.15) is 0 Å². The topological polar surface area (TPSA) is 29.5 Å². The Morgan fingerprint density at radius 1 is 1.28 bits per heavy atom.